The number of ether oxygens (including phenoxy) is 1. The van der Waals surface area contributed by atoms with E-state index in [1.807, 2.05) is 6.92 Å². The lowest BCUT2D eigenvalue weighted by molar-refractivity contribution is 0.392. The topological polar surface area (TPSA) is 50.3 Å². The van der Waals surface area contributed by atoms with Gasteiger partial charge in [0.05, 0.1) is 12.7 Å². The van der Waals surface area contributed by atoms with Crippen LogP contribution in [0.25, 0.3) is 0 Å². The predicted octanol–water partition coefficient (Wildman–Crippen LogP) is 0.592. The standard InChI is InChI=1S/C11H18N4O/c1-8-6-12-4-5-15(8)10-9(2)11(16-3)14-7-13-10/h7-8,12H,4-6H2,1-3H3. The van der Waals surface area contributed by atoms with Gasteiger partial charge in [-0.25, -0.2) is 9.97 Å². The van der Waals surface area contributed by atoms with Crippen molar-refractivity contribution in [2.75, 3.05) is 31.6 Å². The molecule has 1 fully saturated rings. The zero-order valence-electron chi connectivity index (χ0n) is 10.0. The third-order valence-electron chi connectivity index (χ3n) is 2.98. The summed E-state index contributed by atoms with van der Waals surface area (Å²) in [4.78, 5) is 10.8. The Hall–Kier alpha value is -1.36. The normalized spacial score (nSPS) is 20.9. The van der Waals surface area contributed by atoms with Crippen molar-refractivity contribution in [1.82, 2.24) is 15.3 Å². The maximum absolute atomic E-state index is 5.22. The Morgan fingerprint density at radius 1 is 1.50 bits per heavy atom. The molecule has 1 atom stereocenters. The molecule has 2 heterocycles. The summed E-state index contributed by atoms with van der Waals surface area (Å²) in [5.41, 5.74) is 1.01. The van der Waals surface area contributed by atoms with E-state index >= 15 is 0 Å². The number of anilines is 1. The Bertz CT molecular complexity index is 369. The highest BCUT2D eigenvalue weighted by molar-refractivity contribution is 5.51. The average molecular weight is 222 g/mol. The maximum atomic E-state index is 5.22. The van der Waals surface area contributed by atoms with Crippen LogP contribution in [0.2, 0.25) is 0 Å². The van der Waals surface area contributed by atoms with Crippen molar-refractivity contribution in [2.24, 2.45) is 0 Å². The van der Waals surface area contributed by atoms with Crippen LogP contribution < -0.4 is 15.0 Å². The minimum absolute atomic E-state index is 0.451. The van der Waals surface area contributed by atoms with Crippen LogP contribution in [0.1, 0.15) is 12.5 Å². The van der Waals surface area contributed by atoms with Crippen LogP contribution >= 0.6 is 0 Å². The van der Waals surface area contributed by atoms with Gasteiger partial charge in [0.15, 0.2) is 0 Å². The molecule has 0 spiro atoms. The molecule has 0 aliphatic carbocycles. The summed E-state index contributed by atoms with van der Waals surface area (Å²) in [6.45, 7) is 7.16. The highest BCUT2D eigenvalue weighted by atomic mass is 16.5. The first kappa shape index (κ1) is 11.1. The molecular formula is C11H18N4O. The van der Waals surface area contributed by atoms with E-state index in [0.29, 0.717) is 11.9 Å². The zero-order valence-corrected chi connectivity index (χ0v) is 10.0. The molecule has 0 radical (unpaired) electrons. The van der Waals surface area contributed by atoms with Crippen LogP contribution in [-0.4, -0.2) is 42.8 Å². The number of hydrogen-bond donors (Lipinski definition) is 1. The fraction of sp³-hybridized carbons (Fsp3) is 0.636. The molecule has 0 aromatic carbocycles. The lowest BCUT2D eigenvalue weighted by atomic mass is 10.2. The van der Waals surface area contributed by atoms with Crippen LogP contribution in [0.3, 0.4) is 0 Å². The Balaban J connectivity index is 2.31. The molecule has 1 saturated heterocycles. The average Bonchev–Trinajstić information content (AvgIpc) is 2.31. The van der Waals surface area contributed by atoms with E-state index in [2.05, 4.69) is 27.1 Å². The molecule has 1 aromatic heterocycles. The van der Waals surface area contributed by atoms with Crippen LogP contribution in [-0.2, 0) is 0 Å². The first-order valence-corrected chi connectivity index (χ1v) is 5.57. The lowest BCUT2D eigenvalue weighted by Gasteiger charge is -2.35. The van der Waals surface area contributed by atoms with E-state index in [4.69, 9.17) is 4.74 Å². The van der Waals surface area contributed by atoms with E-state index in [1.165, 1.54) is 0 Å². The van der Waals surface area contributed by atoms with Gasteiger partial charge in [-0.1, -0.05) is 0 Å². The van der Waals surface area contributed by atoms with Gasteiger partial charge in [-0.3, -0.25) is 0 Å². The van der Waals surface area contributed by atoms with Gasteiger partial charge >= 0.3 is 0 Å². The molecule has 0 saturated carbocycles. The van der Waals surface area contributed by atoms with Crippen molar-refractivity contribution in [3.8, 4) is 5.88 Å². The van der Waals surface area contributed by atoms with Crippen molar-refractivity contribution in [3.63, 3.8) is 0 Å². The molecule has 88 valence electrons. The Kier molecular flexibility index (Phi) is 3.24. The summed E-state index contributed by atoms with van der Waals surface area (Å²) in [6, 6.07) is 0.451. The molecule has 2 rings (SSSR count). The largest absolute Gasteiger partial charge is 0.481 e. The van der Waals surface area contributed by atoms with Gasteiger partial charge in [0.25, 0.3) is 0 Å². The Labute approximate surface area is 95.8 Å². The summed E-state index contributed by atoms with van der Waals surface area (Å²) < 4.78 is 5.22. The Morgan fingerprint density at radius 2 is 2.31 bits per heavy atom. The van der Waals surface area contributed by atoms with E-state index in [0.717, 1.165) is 31.0 Å². The highest BCUT2D eigenvalue weighted by Gasteiger charge is 2.22. The first-order chi connectivity index (χ1) is 7.74. The van der Waals surface area contributed by atoms with Gasteiger partial charge < -0.3 is 15.0 Å². The molecule has 1 unspecified atom stereocenters. The number of piperazine rings is 1. The van der Waals surface area contributed by atoms with Gasteiger partial charge in [-0.05, 0) is 13.8 Å². The van der Waals surface area contributed by atoms with Crippen LogP contribution in [0.5, 0.6) is 5.88 Å². The van der Waals surface area contributed by atoms with Crippen molar-refractivity contribution in [1.29, 1.82) is 0 Å². The van der Waals surface area contributed by atoms with Crippen molar-refractivity contribution < 1.29 is 4.74 Å². The fourth-order valence-electron chi connectivity index (χ4n) is 2.08. The number of nitrogens with zero attached hydrogens (tertiary/aromatic N) is 3. The summed E-state index contributed by atoms with van der Waals surface area (Å²) in [6.07, 6.45) is 1.57. The van der Waals surface area contributed by atoms with Crippen LogP contribution in [0.4, 0.5) is 5.82 Å². The van der Waals surface area contributed by atoms with E-state index < -0.39 is 0 Å². The number of nitrogens with one attached hydrogen (secondary N) is 1. The first-order valence-electron chi connectivity index (χ1n) is 5.57. The van der Waals surface area contributed by atoms with Crippen molar-refractivity contribution in [2.45, 2.75) is 19.9 Å². The van der Waals surface area contributed by atoms with Gasteiger partial charge in [0, 0.05) is 25.7 Å². The summed E-state index contributed by atoms with van der Waals surface area (Å²) in [7, 11) is 1.64. The molecule has 0 bridgehead atoms. The van der Waals surface area contributed by atoms with Crippen molar-refractivity contribution >= 4 is 5.82 Å². The third-order valence-corrected chi connectivity index (χ3v) is 2.98. The monoisotopic (exact) mass is 222 g/mol. The molecule has 1 aromatic rings. The molecule has 0 amide bonds. The second kappa shape index (κ2) is 4.65. The van der Waals surface area contributed by atoms with E-state index in [9.17, 15) is 0 Å². The third kappa shape index (κ3) is 1.95. The predicted molar refractivity (Wildman–Crippen MR) is 63.0 cm³/mol. The Morgan fingerprint density at radius 3 is 3.00 bits per heavy atom. The van der Waals surface area contributed by atoms with Crippen LogP contribution in [0.15, 0.2) is 6.33 Å². The SMILES string of the molecule is COc1ncnc(N2CCNCC2C)c1C. The second-order valence-corrected chi connectivity index (χ2v) is 4.08. The molecule has 5 heteroatoms. The quantitative estimate of drug-likeness (QED) is 0.793. The summed E-state index contributed by atoms with van der Waals surface area (Å²) >= 11 is 0. The molecule has 1 aliphatic rings. The summed E-state index contributed by atoms with van der Waals surface area (Å²) in [5, 5.41) is 3.37. The van der Waals surface area contributed by atoms with Crippen molar-refractivity contribution in [3.05, 3.63) is 11.9 Å². The lowest BCUT2D eigenvalue weighted by Crippen LogP contribution is -2.50. The summed E-state index contributed by atoms with van der Waals surface area (Å²) in [5.74, 6) is 1.65. The van der Waals surface area contributed by atoms with Gasteiger partial charge in [0.1, 0.15) is 12.1 Å². The smallest absolute Gasteiger partial charge is 0.221 e. The number of methoxy groups -OCH3 is 1. The number of rotatable bonds is 2. The molecule has 1 N–H and O–H groups in total. The van der Waals surface area contributed by atoms with Gasteiger partial charge in [-0.2, -0.15) is 0 Å². The maximum Gasteiger partial charge on any atom is 0.221 e. The minimum Gasteiger partial charge on any atom is -0.481 e. The van der Waals surface area contributed by atoms with Gasteiger partial charge in [0.2, 0.25) is 5.88 Å². The number of aromatic nitrogens is 2. The van der Waals surface area contributed by atoms with E-state index in [-0.39, 0.29) is 0 Å². The fourth-order valence-corrected chi connectivity index (χ4v) is 2.08. The highest BCUT2D eigenvalue weighted by Crippen LogP contribution is 2.25. The molecule has 16 heavy (non-hydrogen) atoms. The van der Waals surface area contributed by atoms with Crippen LogP contribution in [0, 0.1) is 6.92 Å². The molecule has 5 nitrogen and oxygen atoms in total. The molecular weight excluding hydrogens is 204 g/mol. The number of hydrogen-bond acceptors (Lipinski definition) is 5. The second-order valence-electron chi connectivity index (χ2n) is 4.08. The minimum atomic E-state index is 0.451. The van der Waals surface area contributed by atoms with Gasteiger partial charge in [-0.15, -0.1) is 0 Å². The van der Waals surface area contributed by atoms with E-state index in [1.54, 1.807) is 13.4 Å². The molecule has 1 aliphatic heterocycles. The zero-order chi connectivity index (χ0) is 11.5.